The van der Waals surface area contributed by atoms with Crippen molar-refractivity contribution < 1.29 is 18.7 Å². The van der Waals surface area contributed by atoms with Crippen LogP contribution in [0.3, 0.4) is 0 Å². The van der Waals surface area contributed by atoms with Crippen LogP contribution in [-0.2, 0) is 19.7 Å². The maximum Gasteiger partial charge on any atom is 0.289 e. The Bertz CT molecular complexity index is 990. The molecule has 7 nitrogen and oxygen atoms in total. The van der Waals surface area contributed by atoms with Gasteiger partial charge in [0, 0.05) is 31.4 Å². The van der Waals surface area contributed by atoms with E-state index in [9.17, 15) is 4.79 Å². The summed E-state index contributed by atoms with van der Waals surface area (Å²) in [5, 5.41) is 4.51. The zero-order chi connectivity index (χ0) is 21.0. The summed E-state index contributed by atoms with van der Waals surface area (Å²) < 4.78 is 18.7. The quantitative estimate of drug-likeness (QED) is 0.575. The Morgan fingerprint density at radius 2 is 1.90 bits per heavy atom. The third-order valence-corrected chi connectivity index (χ3v) is 4.88. The molecule has 29 heavy (non-hydrogen) atoms. The molecular weight excluding hydrogens is 370 g/mol. The number of carbonyl (C=O) groups is 1. The third kappa shape index (κ3) is 4.45. The number of para-hydroxylation sites is 2. The van der Waals surface area contributed by atoms with Crippen LogP contribution >= 0.6 is 0 Å². The zero-order valence-corrected chi connectivity index (χ0v) is 17.6. The van der Waals surface area contributed by atoms with Gasteiger partial charge >= 0.3 is 0 Å². The highest BCUT2D eigenvalue weighted by Gasteiger charge is 2.20. The largest absolute Gasteiger partial charge is 0.493 e. The summed E-state index contributed by atoms with van der Waals surface area (Å²) in [5.74, 6) is 1.93. The molecule has 0 radical (unpaired) electrons. The number of methoxy groups -OCH3 is 1. The second-order valence-corrected chi connectivity index (χ2v) is 6.83. The fraction of sp³-hybridized carbons (Fsp3) is 0.364. The Morgan fingerprint density at radius 1 is 1.17 bits per heavy atom. The molecule has 0 aliphatic rings. The number of hydrogen-bond acceptors (Lipinski definition) is 5. The van der Waals surface area contributed by atoms with Crippen LogP contribution in [0.2, 0.25) is 0 Å². The maximum absolute atomic E-state index is 12.8. The molecule has 0 N–H and O–H groups in total. The average molecular weight is 397 g/mol. The highest BCUT2D eigenvalue weighted by Crippen LogP contribution is 2.27. The van der Waals surface area contributed by atoms with Gasteiger partial charge in [0.25, 0.3) is 5.91 Å². The van der Waals surface area contributed by atoms with Gasteiger partial charge in [-0.2, -0.15) is 5.10 Å². The molecule has 0 saturated heterocycles. The van der Waals surface area contributed by atoms with Crippen molar-refractivity contribution in [1.82, 2.24) is 14.7 Å². The minimum absolute atomic E-state index is 0.184. The second-order valence-electron chi connectivity index (χ2n) is 6.83. The number of aromatic nitrogens is 2. The first-order valence-electron chi connectivity index (χ1n) is 9.57. The van der Waals surface area contributed by atoms with Crippen LogP contribution in [0.15, 0.2) is 40.8 Å². The first-order valence-corrected chi connectivity index (χ1v) is 9.57. The molecule has 154 valence electrons. The molecule has 0 atom stereocenters. The summed E-state index contributed by atoms with van der Waals surface area (Å²) in [4.78, 5) is 14.4. The van der Waals surface area contributed by atoms with Gasteiger partial charge in [-0.05, 0) is 45.0 Å². The highest BCUT2D eigenvalue weighted by atomic mass is 16.5. The van der Waals surface area contributed by atoms with Crippen LogP contribution in [0.1, 0.15) is 40.2 Å². The number of amides is 1. The summed E-state index contributed by atoms with van der Waals surface area (Å²) in [6.45, 7) is 7.53. The summed E-state index contributed by atoms with van der Waals surface area (Å²) in [7, 11) is 3.35. The molecule has 1 aromatic carbocycles. The van der Waals surface area contributed by atoms with Gasteiger partial charge in [0.15, 0.2) is 17.3 Å². The molecular formula is C22H27N3O4. The van der Waals surface area contributed by atoms with E-state index in [1.165, 1.54) is 0 Å². The molecule has 0 unspecified atom stereocenters. The van der Waals surface area contributed by atoms with E-state index in [4.69, 9.17) is 13.9 Å². The van der Waals surface area contributed by atoms with E-state index in [0.29, 0.717) is 23.8 Å². The highest BCUT2D eigenvalue weighted by molar-refractivity contribution is 5.91. The fourth-order valence-corrected chi connectivity index (χ4v) is 3.23. The Kier molecular flexibility index (Phi) is 6.26. The van der Waals surface area contributed by atoms with Gasteiger partial charge < -0.3 is 18.8 Å². The minimum Gasteiger partial charge on any atom is -0.493 e. The topological polar surface area (TPSA) is 69.7 Å². The Labute approximate surface area is 170 Å². The molecule has 3 rings (SSSR count). The molecule has 1 amide bonds. The first-order chi connectivity index (χ1) is 13.9. The van der Waals surface area contributed by atoms with Crippen LogP contribution in [0.25, 0.3) is 0 Å². The van der Waals surface area contributed by atoms with Gasteiger partial charge in [-0.1, -0.05) is 12.1 Å². The molecule has 0 spiro atoms. The van der Waals surface area contributed by atoms with E-state index in [2.05, 4.69) is 12.0 Å². The number of furan rings is 1. The van der Waals surface area contributed by atoms with Crippen LogP contribution in [0, 0.1) is 13.8 Å². The van der Waals surface area contributed by atoms with E-state index >= 15 is 0 Å². The van der Waals surface area contributed by atoms with E-state index in [0.717, 1.165) is 23.5 Å². The van der Waals surface area contributed by atoms with Gasteiger partial charge in [-0.25, -0.2) is 0 Å². The lowest BCUT2D eigenvalue weighted by Gasteiger charge is -2.16. The van der Waals surface area contributed by atoms with Crippen molar-refractivity contribution in [1.29, 1.82) is 0 Å². The monoisotopic (exact) mass is 397 g/mol. The second kappa shape index (κ2) is 8.86. The number of carbonyl (C=O) groups excluding carboxylic acids is 1. The van der Waals surface area contributed by atoms with Crippen LogP contribution < -0.4 is 9.47 Å². The van der Waals surface area contributed by atoms with Crippen molar-refractivity contribution in [2.45, 2.75) is 40.5 Å². The van der Waals surface area contributed by atoms with Crippen LogP contribution in [0.5, 0.6) is 11.5 Å². The van der Waals surface area contributed by atoms with Crippen molar-refractivity contribution >= 4 is 5.91 Å². The van der Waals surface area contributed by atoms with Gasteiger partial charge in [0.1, 0.15) is 12.4 Å². The van der Waals surface area contributed by atoms with Crippen molar-refractivity contribution in [2.24, 2.45) is 0 Å². The number of rotatable bonds is 8. The normalized spacial score (nSPS) is 10.8. The molecule has 2 aromatic heterocycles. The molecule has 0 aliphatic carbocycles. The molecule has 3 aromatic rings. The number of hydrogen-bond donors (Lipinski definition) is 0. The SMILES string of the molecule is CCn1nc(C)c(CN(C)C(=O)c2ccc(COc3ccccc3OC)o2)c1C. The smallest absolute Gasteiger partial charge is 0.289 e. The number of nitrogens with zero attached hydrogens (tertiary/aromatic N) is 3. The zero-order valence-electron chi connectivity index (χ0n) is 17.6. The van der Waals surface area contributed by atoms with Gasteiger partial charge in [-0.15, -0.1) is 0 Å². The molecule has 7 heteroatoms. The average Bonchev–Trinajstić information content (AvgIpc) is 3.31. The Morgan fingerprint density at radius 3 is 2.55 bits per heavy atom. The Hall–Kier alpha value is -3.22. The first kappa shape index (κ1) is 20.5. The molecule has 0 aliphatic heterocycles. The van der Waals surface area contributed by atoms with Crippen molar-refractivity contribution in [3.8, 4) is 11.5 Å². The summed E-state index contributed by atoms with van der Waals surface area (Å²) >= 11 is 0. The third-order valence-electron chi connectivity index (χ3n) is 4.88. The molecule has 0 bridgehead atoms. The number of aryl methyl sites for hydroxylation is 2. The van der Waals surface area contributed by atoms with E-state index in [1.54, 1.807) is 31.2 Å². The standard InChI is InChI=1S/C22H27N3O4/c1-6-25-16(3)18(15(2)23-25)13-24(4)22(26)21-12-11-17(29-21)14-28-20-10-8-7-9-19(20)27-5/h7-12H,6,13-14H2,1-5H3. The van der Waals surface area contributed by atoms with Crippen molar-refractivity contribution in [3.05, 3.63) is 64.9 Å². The summed E-state index contributed by atoms with van der Waals surface area (Å²) in [5.41, 5.74) is 3.08. The van der Waals surface area contributed by atoms with E-state index < -0.39 is 0 Å². The van der Waals surface area contributed by atoms with Crippen LogP contribution in [-0.4, -0.2) is 34.7 Å². The van der Waals surface area contributed by atoms with E-state index in [-0.39, 0.29) is 18.3 Å². The summed E-state index contributed by atoms with van der Waals surface area (Å²) in [6, 6.07) is 10.8. The van der Waals surface area contributed by atoms with Crippen molar-refractivity contribution in [3.63, 3.8) is 0 Å². The molecule has 0 fully saturated rings. The lowest BCUT2D eigenvalue weighted by molar-refractivity contribution is 0.0748. The number of benzene rings is 1. The lowest BCUT2D eigenvalue weighted by Crippen LogP contribution is -2.26. The minimum atomic E-state index is -0.184. The van der Waals surface area contributed by atoms with Crippen LogP contribution in [0.4, 0.5) is 0 Å². The Balaban J connectivity index is 1.65. The van der Waals surface area contributed by atoms with Crippen molar-refractivity contribution in [2.75, 3.05) is 14.2 Å². The number of ether oxygens (including phenoxy) is 2. The lowest BCUT2D eigenvalue weighted by atomic mass is 10.2. The predicted octanol–water partition coefficient (Wildman–Crippen LogP) is 3.97. The van der Waals surface area contributed by atoms with E-state index in [1.807, 2.05) is 42.8 Å². The van der Waals surface area contributed by atoms with Gasteiger partial charge in [-0.3, -0.25) is 9.48 Å². The maximum atomic E-state index is 12.8. The van der Waals surface area contributed by atoms with Gasteiger partial charge in [0.2, 0.25) is 0 Å². The fourth-order valence-electron chi connectivity index (χ4n) is 3.23. The summed E-state index contributed by atoms with van der Waals surface area (Å²) in [6.07, 6.45) is 0. The molecule has 2 heterocycles. The molecule has 0 saturated carbocycles. The van der Waals surface area contributed by atoms with Gasteiger partial charge in [0.05, 0.1) is 12.8 Å². The predicted molar refractivity (Wildman–Crippen MR) is 109 cm³/mol.